The third-order valence-corrected chi connectivity index (χ3v) is 4.59. The summed E-state index contributed by atoms with van der Waals surface area (Å²) in [5.41, 5.74) is 1.63. The van der Waals surface area contributed by atoms with Crippen molar-refractivity contribution in [1.82, 2.24) is 0 Å². The lowest BCUT2D eigenvalue weighted by Crippen LogP contribution is -2.28. The number of para-hydroxylation sites is 1. The van der Waals surface area contributed by atoms with Crippen LogP contribution in [-0.2, 0) is 9.59 Å². The van der Waals surface area contributed by atoms with E-state index in [1.165, 1.54) is 0 Å². The summed E-state index contributed by atoms with van der Waals surface area (Å²) in [7, 11) is 0. The Morgan fingerprint density at radius 1 is 0.920 bits per heavy atom. The second-order valence-electron chi connectivity index (χ2n) is 6.26. The number of benzene rings is 3. The van der Waals surface area contributed by atoms with Gasteiger partial charge in [-0.15, -0.1) is 0 Å². The number of rotatable bonds is 3. The molecule has 0 bridgehead atoms. The van der Waals surface area contributed by atoms with Crippen LogP contribution in [0.15, 0.2) is 72.8 Å². The first kappa shape index (κ1) is 15.4. The van der Waals surface area contributed by atoms with Gasteiger partial charge in [0, 0.05) is 24.0 Å². The van der Waals surface area contributed by atoms with E-state index in [9.17, 15) is 9.59 Å². The van der Waals surface area contributed by atoms with Gasteiger partial charge >= 0.3 is 0 Å². The maximum Gasteiger partial charge on any atom is 0.229 e. The summed E-state index contributed by atoms with van der Waals surface area (Å²) in [5, 5.41) is 5.01. The molecule has 1 saturated heterocycles. The first-order valence-electron chi connectivity index (χ1n) is 8.36. The fourth-order valence-electron chi connectivity index (χ4n) is 3.33. The van der Waals surface area contributed by atoms with E-state index >= 15 is 0 Å². The summed E-state index contributed by atoms with van der Waals surface area (Å²) in [5.74, 6) is -0.460. The SMILES string of the molecule is O=C(Nc1ccccc1)[C@H]1CC(=O)N(c2cccc3ccccc23)C1. The number of amides is 2. The first-order valence-corrected chi connectivity index (χ1v) is 8.36. The van der Waals surface area contributed by atoms with Crippen molar-refractivity contribution in [3.8, 4) is 0 Å². The number of carbonyl (C=O) groups excluding carboxylic acids is 2. The van der Waals surface area contributed by atoms with Crippen molar-refractivity contribution in [3.05, 3.63) is 72.8 Å². The molecular weight excluding hydrogens is 312 g/mol. The van der Waals surface area contributed by atoms with Crippen molar-refractivity contribution in [3.63, 3.8) is 0 Å². The van der Waals surface area contributed by atoms with E-state index < -0.39 is 0 Å². The molecule has 1 fully saturated rings. The summed E-state index contributed by atoms with van der Waals surface area (Å²) in [4.78, 5) is 26.8. The van der Waals surface area contributed by atoms with Crippen LogP contribution in [-0.4, -0.2) is 18.4 Å². The van der Waals surface area contributed by atoms with Gasteiger partial charge in [0.25, 0.3) is 0 Å². The third-order valence-electron chi connectivity index (χ3n) is 4.59. The number of carbonyl (C=O) groups is 2. The van der Waals surface area contributed by atoms with E-state index in [1.54, 1.807) is 4.90 Å². The molecule has 1 N–H and O–H groups in total. The van der Waals surface area contributed by atoms with E-state index in [4.69, 9.17) is 0 Å². The van der Waals surface area contributed by atoms with Gasteiger partial charge in [-0.05, 0) is 23.6 Å². The van der Waals surface area contributed by atoms with Crippen molar-refractivity contribution < 1.29 is 9.59 Å². The van der Waals surface area contributed by atoms with Crippen molar-refractivity contribution >= 4 is 34.0 Å². The van der Waals surface area contributed by atoms with E-state index in [0.29, 0.717) is 6.54 Å². The average Bonchev–Trinajstić information content (AvgIpc) is 3.04. The molecule has 3 aromatic carbocycles. The van der Waals surface area contributed by atoms with Gasteiger partial charge in [0.2, 0.25) is 11.8 Å². The van der Waals surface area contributed by atoms with Gasteiger partial charge in [-0.3, -0.25) is 9.59 Å². The molecule has 4 nitrogen and oxygen atoms in total. The molecule has 0 saturated carbocycles. The van der Waals surface area contributed by atoms with Crippen LogP contribution in [0.25, 0.3) is 10.8 Å². The molecule has 1 heterocycles. The van der Waals surface area contributed by atoms with Gasteiger partial charge in [-0.1, -0.05) is 54.6 Å². The lowest BCUT2D eigenvalue weighted by atomic mass is 10.1. The number of hydrogen-bond donors (Lipinski definition) is 1. The Morgan fingerprint density at radius 2 is 1.64 bits per heavy atom. The van der Waals surface area contributed by atoms with Crippen molar-refractivity contribution in [1.29, 1.82) is 0 Å². The van der Waals surface area contributed by atoms with E-state index in [0.717, 1.165) is 22.1 Å². The molecular formula is C21H18N2O2. The topological polar surface area (TPSA) is 49.4 Å². The lowest BCUT2D eigenvalue weighted by molar-refractivity contribution is -0.122. The van der Waals surface area contributed by atoms with Crippen LogP contribution in [0.5, 0.6) is 0 Å². The molecule has 0 spiro atoms. The molecule has 4 rings (SSSR count). The Morgan fingerprint density at radius 3 is 2.48 bits per heavy atom. The molecule has 0 radical (unpaired) electrons. The Hall–Kier alpha value is -3.14. The van der Waals surface area contributed by atoms with Crippen LogP contribution in [0, 0.1) is 5.92 Å². The fraction of sp³-hybridized carbons (Fsp3) is 0.143. The standard InChI is InChI=1S/C21H18N2O2/c24-20-13-16(21(25)22-17-9-2-1-3-10-17)14-23(20)19-12-6-8-15-7-4-5-11-18(15)19/h1-12,16H,13-14H2,(H,22,25)/t16-/m0/s1. The molecule has 0 aliphatic carbocycles. The minimum atomic E-state index is -0.341. The summed E-state index contributed by atoms with van der Waals surface area (Å²) >= 11 is 0. The number of hydrogen-bond acceptors (Lipinski definition) is 2. The molecule has 2 amide bonds. The van der Waals surface area contributed by atoms with Gasteiger partial charge in [0.15, 0.2) is 0 Å². The molecule has 3 aromatic rings. The summed E-state index contributed by atoms with van der Waals surface area (Å²) in [6, 6.07) is 23.2. The Kier molecular flexibility index (Phi) is 3.94. The van der Waals surface area contributed by atoms with Crippen LogP contribution in [0.4, 0.5) is 11.4 Å². The van der Waals surface area contributed by atoms with Crippen LogP contribution in [0.1, 0.15) is 6.42 Å². The van der Waals surface area contributed by atoms with Gasteiger partial charge < -0.3 is 10.2 Å². The maximum atomic E-state index is 12.5. The zero-order chi connectivity index (χ0) is 17.2. The van der Waals surface area contributed by atoms with Gasteiger partial charge in [-0.2, -0.15) is 0 Å². The predicted octanol–water partition coefficient (Wildman–Crippen LogP) is 3.83. The molecule has 4 heteroatoms. The van der Waals surface area contributed by atoms with E-state index in [1.807, 2.05) is 72.8 Å². The van der Waals surface area contributed by atoms with Crippen molar-refractivity contribution in [2.24, 2.45) is 5.92 Å². The molecule has 25 heavy (non-hydrogen) atoms. The quantitative estimate of drug-likeness (QED) is 0.793. The number of fused-ring (bicyclic) bond motifs is 1. The largest absolute Gasteiger partial charge is 0.326 e. The van der Waals surface area contributed by atoms with Crippen LogP contribution in [0.3, 0.4) is 0 Å². The highest BCUT2D eigenvalue weighted by molar-refractivity contribution is 6.08. The summed E-state index contributed by atoms with van der Waals surface area (Å²) in [6.45, 7) is 0.408. The minimum Gasteiger partial charge on any atom is -0.326 e. The number of nitrogens with one attached hydrogen (secondary N) is 1. The van der Waals surface area contributed by atoms with E-state index in [2.05, 4.69) is 5.32 Å². The number of anilines is 2. The molecule has 1 atom stereocenters. The summed E-state index contributed by atoms with van der Waals surface area (Å²) in [6.07, 6.45) is 0.238. The molecule has 0 aromatic heterocycles. The van der Waals surface area contributed by atoms with Gasteiger partial charge in [0.05, 0.1) is 11.6 Å². The average molecular weight is 330 g/mol. The molecule has 1 aliphatic heterocycles. The van der Waals surface area contributed by atoms with E-state index in [-0.39, 0.29) is 24.2 Å². The fourth-order valence-corrected chi connectivity index (χ4v) is 3.33. The zero-order valence-corrected chi connectivity index (χ0v) is 13.7. The van der Waals surface area contributed by atoms with Gasteiger partial charge in [-0.25, -0.2) is 0 Å². The highest BCUT2D eigenvalue weighted by Gasteiger charge is 2.35. The smallest absolute Gasteiger partial charge is 0.229 e. The van der Waals surface area contributed by atoms with Crippen LogP contribution in [0.2, 0.25) is 0 Å². The zero-order valence-electron chi connectivity index (χ0n) is 13.7. The molecule has 124 valence electrons. The molecule has 1 aliphatic rings. The number of nitrogens with zero attached hydrogens (tertiary/aromatic N) is 1. The predicted molar refractivity (Wildman–Crippen MR) is 99.5 cm³/mol. The van der Waals surface area contributed by atoms with Crippen molar-refractivity contribution in [2.75, 3.05) is 16.8 Å². The van der Waals surface area contributed by atoms with Crippen molar-refractivity contribution in [2.45, 2.75) is 6.42 Å². The van der Waals surface area contributed by atoms with Gasteiger partial charge in [0.1, 0.15) is 0 Å². The normalized spacial score (nSPS) is 17.0. The first-order chi connectivity index (χ1) is 12.2. The Labute approximate surface area is 146 Å². The van der Waals surface area contributed by atoms with Crippen LogP contribution < -0.4 is 10.2 Å². The third kappa shape index (κ3) is 2.98. The molecule has 0 unspecified atom stereocenters. The lowest BCUT2D eigenvalue weighted by Gasteiger charge is -2.19. The second-order valence-corrected chi connectivity index (χ2v) is 6.26. The Bertz CT molecular complexity index is 932. The minimum absolute atomic E-state index is 0.00966. The highest BCUT2D eigenvalue weighted by Crippen LogP contribution is 2.32. The Balaban J connectivity index is 1.57. The monoisotopic (exact) mass is 330 g/mol. The summed E-state index contributed by atoms with van der Waals surface area (Å²) < 4.78 is 0. The second kappa shape index (κ2) is 6.40. The van der Waals surface area contributed by atoms with Crippen LogP contribution >= 0.6 is 0 Å². The maximum absolute atomic E-state index is 12.5. The highest BCUT2D eigenvalue weighted by atomic mass is 16.2.